The SMILES string of the molecule is [2H]C([2H])([2H])C(=O)N[C@@H](CCCCN)C(=O)N[C@H](C(=O)N[C@@H](CCC(=O)O)C(=O)N[C@@H](CCCN=C(N)N)C(=O)N[C@@H](CCC(=O)O)C(=O)N[C@@H](CC(=O)O)C(=O)N[C@@H](CC(C)C)C(=O)N[C@H](C(=O)N[C@@H](C)C(=O)N[C@@H](Cc1ccc(O)cc1)C(=O)N[C@@H](CC(C)C)C(=O)N[C@@H](CCCCN)C(=O)O)[C@@H](C)CC)[C@@H](C)O. The van der Waals surface area contributed by atoms with Gasteiger partial charge >= 0.3 is 23.9 Å². The maximum absolute atomic E-state index is 14.5. The number of guanidine groups is 1. The monoisotopic (exact) mass is 1520 g/mol. The van der Waals surface area contributed by atoms with Crippen LogP contribution in [0.5, 0.6) is 5.75 Å². The van der Waals surface area contributed by atoms with Gasteiger partial charge in [-0.2, -0.15) is 0 Å². The second-order valence-electron chi connectivity index (χ2n) is 26.8. The van der Waals surface area contributed by atoms with Gasteiger partial charge in [-0.15, -0.1) is 0 Å². The van der Waals surface area contributed by atoms with Gasteiger partial charge in [0.15, 0.2) is 5.96 Å². The molecule has 1 rings (SSSR count). The number of carbonyl (C=O) groups is 16. The van der Waals surface area contributed by atoms with Crippen LogP contribution in [0.3, 0.4) is 0 Å². The molecule has 0 aliphatic carbocycles. The first kappa shape index (κ1) is 89.1. The van der Waals surface area contributed by atoms with Gasteiger partial charge in [0.2, 0.25) is 70.9 Å². The summed E-state index contributed by atoms with van der Waals surface area (Å²) in [6.07, 6.45) is -5.90. The molecule has 1 aromatic rings. The quantitative estimate of drug-likeness (QED) is 0.0167. The number of hydrogen-bond acceptors (Lipinski definition) is 21. The molecule has 0 aliphatic rings. The van der Waals surface area contributed by atoms with Crippen LogP contribution in [0.2, 0.25) is 0 Å². The molecular weight excluding hydrogens is 1410 g/mol. The minimum atomic E-state index is -3.22. The predicted octanol–water partition coefficient (Wildman–Crippen LogP) is -4.09. The lowest BCUT2D eigenvalue weighted by molar-refractivity contribution is -0.143. The van der Waals surface area contributed by atoms with Crippen molar-refractivity contribution in [3.8, 4) is 5.75 Å². The third kappa shape index (κ3) is 38.0. The summed E-state index contributed by atoms with van der Waals surface area (Å²) in [7, 11) is 0. The highest BCUT2D eigenvalue weighted by Gasteiger charge is 2.39. The molecule has 0 radical (unpaired) electrons. The fourth-order valence-corrected chi connectivity index (χ4v) is 10.6. The van der Waals surface area contributed by atoms with E-state index >= 15 is 0 Å². The molecule has 0 aliphatic heterocycles. The molecule has 107 heavy (non-hydrogen) atoms. The highest BCUT2D eigenvalue weighted by Crippen LogP contribution is 2.17. The molecule has 26 N–H and O–H groups in total. The number of carboxylic acids is 4. The summed E-state index contributed by atoms with van der Waals surface area (Å²) in [5.74, 6) is -22.0. The number of nitrogens with one attached hydrogen (secondary N) is 12. The molecule has 39 heteroatoms. The van der Waals surface area contributed by atoms with Crippen LogP contribution in [0, 0.1) is 17.8 Å². The van der Waals surface area contributed by atoms with Crippen molar-refractivity contribution in [2.24, 2.45) is 45.7 Å². The maximum Gasteiger partial charge on any atom is 0.326 e. The van der Waals surface area contributed by atoms with Crippen molar-refractivity contribution in [2.75, 3.05) is 19.6 Å². The van der Waals surface area contributed by atoms with Crippen LogP contribution in [0.25, 0.3) is 0 Å². The van der Waals surface area contributed by atoms with Crippen molar-refractivity contribution in [1.82, 2.24) is 63.8 Å². The summed E-state index contributed by atoms with van der Waals surface area (Å²) in [4.78, 5) is 220. The van der Waals surface area contributed by atoms with E-state index in [4.69, 9.17) is 27.0 Å². The van der Waals surface area contributed by atoms with Crippen molar-refractivity contribution in [1.29, 1.82) is 0 Å². The minimum Gasteiger partial charge on any atom is -0.508 e. The van der Waals surface area contributed by atoms with Crippen molar-refractivity contribution in [3.05, 3.63) is 29.8 Å². The Morgan fingerprint density at radius 2 is 0.822 bits per heavy atom. The molecule has 12 amide bonds. The lowest BCUT2D eigenvalue weighted by Crippen LogP contribution is -2.62. The largest absolute Gasteiger partial charge is 0.508 e. The number of nitrogens with zero attached hydrogens (tertiary/aromatic N) is 1. The smallest absolute Gasteiger partial charge is 0.326 e. The van der Waals surface area contributed by atoms with Crippen LogP contribution in [0.15, 0.2) is 29.3 Å². The summed E-state index contributed by atoms with van der Waals surface area (Å²) in [5, 5.41) is 88.4. The summed E-state index contributed by atoms with van der Waals surface area (Å²) in [6, 6.07) is -14.6. The number of aliphatic hydroxyl groups is 1. The number of unbranched alkanes of at least 4 members (excludes halogenated alkanes) is 2. The number of aliphatic imine (C=N–C) groups is 1. The Labute approximate surface area is 624 Å². The molecule has 0 bridgehead atoms. The summed E-state index contributed by atoms with van der Waals surface area (Å²) >= 11 is 0. The molecule has 0 heterocycles. The molecule has 1 aromatic carbocycles. The van der Waals surface area contributed by atoms with Gasteiger partial charge in [0.25, 0.3) is 0 Å². The van der Waals surface area contributed by atoms with E-state index in [-0.39, 0.29) is 82.7 Å². The number of benzene rings is 1. The van der Waals surface area contributed by atoms with E-state index in [1.807, 2.05) is 0 Å². The summed E-state index contributed by atoms with van der Waals surface area (Å²) in [6.45, 7) is 9.27. The topological polar surface area (TPSA) is 655 Å². The highest BCUT2D eigenvalue weighted by atomic mass is 16.4. The number of aliphatic carboxylic acids is 4. The third-order valence-corrected chi connectivity index (χ3v) is 16.6. The zero-order valence-corrected chi connectivity index (χ0v) is 61.7. The minimum absolute atomic E-state index is 0.0338. The van der Waals surface area contributed by atoms with Crippen LogP contribution in [0.1, 0.15) is 175 Å². The Kier molecular flexibility index (Phi) is 41.2. The fourth-order valence-electron chi connectivity index (χ4n) is 10.6. The maximum atomic E-state index is 14.5. The zero-order valence-electron chi connectivity index (χ0n) is 64.7. The number of phenolic OH excluding ortho intramolecular Hbond substituents is 1. The first-order valence-corrected chi connectivity index (χ1v) is 35.3. The molecule has 0 spiro atoms. The Bertz CT molecular complexity index is 3310. The van der Waals surface area contributed by atoms with Crippen LogP contribution in [-0.2, 0) is 83.1 Å². The van der Waals surface area contributed by atoms with E-state index < -0.39 is 237 Å². The first-order chi connectivity index (χ1) is 51.3. The Morgan fingerprint density at radius 3 is 1.27 bits per heavy atom. The number of aromatic hydroxyl groups is 1. The number of phenols is 1. The summed E-state index contributed by atoms with van der Waals surface area (Å²) in [5.41, 5.74) is 22.5. The van der Waals surface area contributed by atoms with E-state index in [2.05, 4.69) is 68.8 Å². The zero-order chi connectivity index (χ0) is 83.9. The average molecular weight is 1520 g/mol. The fraction of sp³-hybridized carbons (Fsp3) is 0.662. The molecule has 39 nitrogen and oxygen atoms in total. The standard InChI is InChI=1S/C68H113N17O22/c1-10-36(6)54(65(104)74-37(7)56(95)80-49(32-40-19-21-41(88)22-20-40)62(101)81-47(30-34(2)3)61(100)79-46(67(106)107)17-12-14-28-70)84-64(103)48(31-35(4)5)82-63(102)50(33-53(93)94)83-59(98)44(23-25-51(89)90)77-57(96)43(18-15-29-73-68(71)72)76-58(97)45(24-26-52(91)92)78-66(105)55(38(8)86)85-60(99)42(75-39(9)87)16-11-13-27-69/h19-22,34-38,42-50,54-55,86,88H,10-18,23-33,69-70H2,1-9H3,(H,74,104)(H,75,87)(H,76,97)(H,77,96)(H,78,105)(H,79,100)(H,80,95)(H,81,101)(H,82,102)(H,83,98)(H,84,103)(H,85,99)(H,89,90)(H,91,92)(H,93,94)(H,106,107)(H4,71,72,73)/t36-,37-,38+,42-,43-,44-,45-,46-,47-,48-,49-,50-,54-,55-/m0/s1/i9D3. The molecule has 0 unspecified atom stereocenters. The highest BCUT2D eigenvalue weighted by molar-refractivity contribution is 6.00. The second-order valence-corrected chi connectivity index (χ2v) is 26.8. The second kappa shape index (κ2) is 49.5. The average Bonchev–Trinajstić information content (AvgIpc) is 0.852. The van der Waals surface area contributed by atoms with Gasteiger partial charge in [-0.05, 0) is 139 Å². The number of amides is 12. The molecule has 14 atom stereocenters. The van der Waals surface area contributed by atoms with Gasteiger partial charge in [0.05, 0.1) is 12.5 Å². The van der Waals surface area contributed by atoms with Gasteiger partial charge in [-0.3, -0.25) is 76.9 Å². The van der Waals surface area contributed by atoms with Gasteiger partial charge < -0.3 is 117 Å². The van der Waals surface area contributed by atoms with Crippen LogP contribution in [0.4, 0.5) is 0 Å². The van der Waals surface area contributed by atoms with E-state index in [9.17, 15) is 107 Å². The van der Waals surface area contributed by atoms with Crippen molar-refractivity contribution < 1.29 is 111 Å². The number of hydrogen-bond donors (Lipinski definition) is 22. The molecule has 0 aromatic heterocycles. The number of aliphatic hydroxyl groups excluding tert-OH is 1. The molecule has 0 saturated heterocycles. The normalized spacial score (nSPS) is 15.6. The van der Waals surface area contributed by atoms with Crippen molar-refractivity contribution >= 4 is 101 Å². The van der Waals surface area contributed by atoms with E-state index in [0.29, 0.717) is 24.8 Å². The van der Waals surface area contributed by atoms with E-state index in [1.54, 1.807) is 41.5 Å². The molecule has 0 saturated carbocycles. The van der Waals surface area contributed by atoms with Crippen LogP contribution in [-0.4, -0.2) is 230 Å². The van der Waals surface area contributed by atoms with Crippen LogP contribution >= 0.6 is 0 Å². The number of rotatable bonds is 53. The Balaban J connectivity index is 3.72. The number of carbonyl (C=O) groups excluding carboxylic acids is 12. The van der Waals surface area contributed by atoms with E-state index in [0.717, 1.165) is 6.92 Å². The van der Waals surface area contributed by atoms with Gasteiger partial charge in [-0.1, -0.05) is 60.1 Å². The van der Waals surface area contributed by atoms with Gasteiger partial charge in [-0.25, -0.2) is 4.79 Å². The first-order valence-electron chi connectivity index (χ1n) is 36.8. The lowest BCUT2D eigenvalue weighted by atomic mass is 9.96. The molecule has 602 valence electrons. The van der Waals surface area contributed by atoms with Gasteiger partial charge in [0.1, 0.15) is 78.3 Å². The Morgan fingerprint density at radius 1 is 0.439 bits per heavy atom. The molecular formula is C68H113N17O22. The van der Waals surface area contributed by atoms with Crippen LogP contribution < -0.4 is 86.7 Å². The van der Waals surface area contributed by atoms with Crippen molar-refractivity contribution in [3.63, 3.8) is 0 Å². The lowest BCUT2D eigenvalue weighted by Gasteiger charge is -2.30. The predicted molar refractivity (Wildman–Crippen MR) is 386 cm³/mol. The van der Waals surface area contributed by atoms with Gasteiger partial charge in [0, 0.05) is 36.8 Å². The molecule has 0 fully saturated rings. The third-order valence-electron chi connectivity index (χ3n) is 16.6. The summed E-state index contributed by atoms with van der Waals surface area (Å²) < 4.78 is 22.3. The Hall–Kier alpha value is -10.3. The number of nitrogens with two attached hydrogens (primary N) is 4. The van der Waals surface area contributed by atoms with Crippen molar-refractivity contribution in [2.45, 2.75) is 250 Å². The van der Waals surface area contributed by atoms with E-state index in [1.165, 1.54) is 31.2 Å². The number of carboxylic acid groups (broad SMARTS) is 4.